The molecule has 0 aliphatic carbocycles. The first-order valence-electron chi connectivity index (χ1n) is 8.64. The van der Waals surface area contributed by atoms with Crippen molar-refractivity contribution in [2.45, 2.75) is 0 Å². The Kier molecular flexibility index (Phi) is 5.41. The molecule has 0 saturated heterocycles. The number of aromatic nitrogens is 2. The van der Waals surface area contributed by atoms with Crippen LogP contribution in [0.5, 0.6) is 0 Å². The minimum atomic E-state index is 0.346. The SMILES string of the molecule is C1=C(c2csc(-c3ccccc3)n2)[Se]/C(=C/c2csc(-c3ccccc3)n2)[Se]1. The van der Waals surface area contributed by atoms with Gasteiger partial charge in [-0.25, -0.2) is 0 Å². The van der Waals surface area contributed by atoms with E-state index in [0.717, 1.165) is 21.4 Å². The first-order chi connectivity index (χ1) is 13.8. The Morgan fingerprint density at radius 2 is 1.39 bits per heavy atom. The van der Waals surface area contributed by atoms with Crippen molar-refractivity contribution in [3.8, 4) is 21.1 Å². The van der Waals surface area contributed by atoms with Gasteiger partial charge in [-0.05, 0) is 0 Å². The maximum absolute atomic E-state index is 4.88. The van der Waals surface area contributed by atoms with Crippen LogP contribution in [0.15, 0.2) is 79.8 Å². The summed E-state index contributed by atoms with van der Waals surface area (Å²) in [5.41, 5.74) is 4.62. The van der Waals surface area contributed by atoms with E-state index in [2.05, 4.69) is 70.3 Å². The van der Waals surface area contributed by atoms with Crippen LogP contribution in [-0.2, 0) is 0 Å². The number of hydrogen-bond acceptors (Lipinski definition) is 4. The molecule has 0 N–H and O–H groups in total. The molecule has 0 amide bonds. The molecule has 3 heterocycles. The van der Waals surface area contributed by atoms with Crippen LogP contribution in [0.1, 0.15) is 11.4 Å². The van der Waals surface area contributed by atoms with Gasteiger partial charge in [-0.2, -0.15) is 0 Å². The standard InChI is InChI=1S/C22H14N2S2Se2/c1-3-7-15(8-4-1)21-23-17(12-25-21)11-20-27-14-19(28-20)18-13-26-22(24-18)16-9-5-2-6-10-16/h1-14H/b20-11+. The summed E-state index contributed by atoms with van der Waals surface area (Å²) < 4.78 is 2.94. The molecule has 5 rings (SSSR count). The van der Waals surface area contributed by atoms with Crippen LogP contribution < -0.4 is 0 Å². The van der Waals surface area contributed by atoms with E-state index in [-0.39, 0.29) is 0 Å². The summed E-state index contributed by atoms with van der Waals surface area (Å²) in [7, 11) is 0. The number of hydrogen-bond donors (Lipinski definition) is 0. The number of rotatable bonds is 4. The van der Waals surface area contributed by atoms with Crippen LogP contribution in [0.25, 0.3) is 31.7 Å². The van der Waals surface area contributed by atoms with E-state index < -0.39 is 0 Å². The number of nitrogens with zero attached hydrogens (tertiary/aromatic N) is 2. The van der Waals surface area contributed by atoms with Crippen LogP contribution in [-0.4, -0.2) is 39.9 Å². The van der Waals surface area contributed by atoms with Crippen molar-refractivity contribution in [2.24, 2.45) is 0 Å². The van der Waals surface area contributed by atoms with E-state index >= 15 is 0 Å². The van der Waals surface area contributed by atoms with Gasteiger partial charge in [-0.1, -0.05) is 0 Å². The van der Waals surface area contributed by atoms with E-state index in [0.29, 0.717) is 29.9 Å². The molecular formula is C22H14N2S2Se2. The molecule has 4 aromatic rings. The summed E-state index contributed by atoms with van der Waals surface area (Å²) in [4.78, 5) is 12.1. The van der Waals surface area contributed by atoms with Gasteiger partial charge < -0.3 is 0 Å². The molecule has 0 radical (unpaired) electrons. The van der Waals surface area contributed by atoms with Crippen LogP contribution >= 0.6 is 22.7 Å². The van der Waals surface area contributed by atoms with Crippen molar-refractivity contribution < 1.29 is 0 Å². The molecule has 0 bridgehead atoms. The zero-order chi connectivity index (χ0) is 18.8. The first kappa shape index (κ1) is 18.3. The van der Waals surface area contributed by atoms with E-state index in [1.54, 1.807) is 22.7 Å². The van der Waals surface area contributed by atoms with Crippen molar-refractivity contribution in [3.63, 3.8) is 0 Å². The van der Waals surface area contributed by atoms with Gasteiger partial charge in [0.25, 0.3) is 0 Å². The predicted octanol–water partition coefficient (Wildman–Crippen LogP) is 5.65. The summed E-state index contributed by atoms with van der Waals surface area (Å²) in [6, 6.07) is 20.8. The molecule has 2 aromatic heterocycles. The molecular weight excluding hydrogens is 514 g/mol. The van der Waals surface area contributed by atoms with Crippen molar-refractivity contribution >= 4 is 63.1 Å². The van der Waals surface area contributed by atoms with E-state index in [9.17, 15) is 0 Å². The third kappa shape index (κ3) is 3.99. The van der Waals surface area contributed by atoms with E-state index in [4.69, 9.17) is 9.97 Å². The fraction of sp³-hybridized carbons (Fsp3) is 0. The molecule has 0 spiro atoms. The Morgan fingerprint density at radius 3 is 2.11 bits per heavy atom. The molecule has 6 heteroatoms. The zero-order valence-corrected chi connectivity index (χ0v) is 19.7. The average Bonchev–Trinajstić information content (AvgIpc) is 3.50. The monoisotopic (exact) mass is 530 g/mol. The quantitative estimate of drug-likeness (QED) is 0.320. The van der Waals surface area contributed by atoms with E-state index in [1.165, 1.54) is 19.0 Å². The van der Waals surface area contributed by atoms with Crippen LogP contribution in [0.3, 0.4) is 0 Å². The molecule has 1 aliphatic heterocycles. The van der Waals surface area contributed by atoms with Crippen LogP contribution in [0.2, 0.25) is 0 Å². The summed E-state index contributed by atoms with van der Waals surface area (Å²) >= 11 is 4.20. The Hall–Kier alpha value is -1.78. The van der Waals surface area contributed by atoms with E-state index in [1.807, 2.05) is 12.1 Å². The Labute approximate surface area is 184 Å². The summed E-state index contributed by atoms with van der Waals surface area (Å²) in [5.74, 6) is 0. The molecule has 2 aromatic carbocycles. The average molecular weight is 528 g/mol. The fourth-order valence-electron chi connectivity index (χ4n) is 2.73. The number of thiazole rings is 2. The second-order valence-electron chi connectivity index (χ2n) is 6.01. The molecule has 0 atom stereocenters. The maximum atomic E-state index is 4.88. The van der Waals surface area contributed by atoms with Gasteiger partial charge >= 0.3 is 185 Å². The molecule has 1 aliphatic rings. The van der Waals surface area contributed by atoms with Gasteiger partial charge in [0.15, 0.2) is 0 Å². The summed E-state index contributed by atoms with van der Waals surface area (Å²) in [6.45, 7) is 0. The summed E-state index contributed by atoms with van der Waals surface area (Å²) in [6.07, 6.45) is 2.29. The van der Waals surface area contributed by atoms with Gasteiger partial charge in [0.2, 0.25) is 0 Å². The van der Waals surface area contributed by atoms with Gasteiger partial charge in [0, 0.05) is 0 Å². The first-order valence-corrected chi connectivity index (χ1v) is 14.0. The Bertz CT molecular complexity index is 1160. The molecule has 0 saturated carbocycles. The van der Waals surface area contributed by atoms with Crippen molar-refractivity contribution in [3.05, 3.63) is 91.2 Å². The van der Waals surface area contributed by atoms with Gasteiger partial charge in [0.1, 0.15) is 0 Å². The fourth-order valence-corrected chi connectivity index (χ4v) is 10.2. The predicted molar refractivity (Wildman–Crippen MR) is 123 cm³/mol. The molecule has 0 fully saturated rings. The minimum absolute atomic E-state index is 0.346. The van der Waals surface area contributed by atoms with Crippen LogP contribution in [0.4, 0.5) is 0 Å². The second-order valence-corrected chi connectivity index (χ2v) is 13.2. The third-order valence-electron chi connectivity index (χ3n) is 4.08. The normalized spacial score (nSPS) is 15.1. The van der Waals surface area contributed by atoms with Crippen LogP contribution in [0, 0.1) is 0 Å². The Balaban J connectivity index is 1.31. The molecule has 0 unspecified atom stereocenters. The molecule has 2 nitrogen and oxygen atoms in total. The Morgan fingerprint density at radius 1 is 0.750 bits per heavy atom. The topological polar surface area (TPSA) is 25.8 Å². The van der Waals surface area contributed by atoms with Crippen molar-refractivity contribution in [2.75, 3.05) is 0 Å². The van der Waals surface area contributed by atoms with Crippen molar-refractivity contribution in [1.29, 1.82) is 0 Å². The zero-order valence-electron chi connectivity index (χ0n) is 14.6. The molecule has 28 heavy (non-hydrogen) atoms. The van der Waals surface area contributed by atoms with Gasteiger partial charge in [0.05, 0.1) is 0 Å². The van der Waals surface area contributed by atoms with Gasteiger partial charge in [-0.15, -0.1) is 0 Å². The number of benzene rings is 2. The van der Waals surface area contributed by atoms with Gasteiger partial charge in [-0.3, -0.25) is 0 Å². The summed E-state index contributed by atoms with van der Waals surface area (Å²) in [5, 5.41) is 6.55. The van der Waals surface area contributed by atoms with Crippen molar-refractivity contribution in [1.82, 2.24) is 9.97 Å². The molecule has 136 valence electrons. The second kappa shape index (κ2) is 8.30. The third-order valence-corrected chi connectivity index (χ3v) is 11.9.